The molecule has 0 aliphatic carbocycles. The standard InChI is InChI=1S/C11H20N2S/c1-8(2)13(9(3)4)6-11-7-14-10(5)12-11/h7-9H,6H2,1-5H3. The Kier molecular flexibility index (Phi) is 4.08. The Bertz CT molecular complexity index is 271. The van der Waals surface area contributed by atoms with Gasteiger partial charge in [0.2, 0.25) is 0 Å². The van der Waals surface area contributed by atoms with Crippen molar-refractivity contribution in [2.24, 2.45) is 0 Å². The van der Waals surface area contributed by atoms with E-state index in [1.54, 1.807) is 11.3 Å². The number of aromatic nitrogens is 1. The van der Waals surface area contributed by atoms with Gasteiger partial charge in [-0.15, -0.1) is 11.3 Å². The summed E-state index contributed by atoms with van der Waals surface area (Å²) in [5, 5.41) is 3.32. The van der Waals surface area contributed by atoms with Gasteiger partial charge in [-0.05, 0) is 34.6 Å². The number of rotatable bonds is 4. The molecule has 0 bridgehead atoms. The molecular weight excluding hydrogens is 192 g/mol. The van der Waals surface area contributed by atoms with Crippen LogP contribution in [0.1, 0.15) is 38.4 Å². The predicted molar refractivity (Wildman–Crippen MR) is 62.7 cm³/mol. The minimum Gasteiger partial charge on any atom is -0.293 e. The Balaban J connectivity index is 2.64. The zero-order valence-electron chi connectivity index (χ0n) is 9.74. The van der Waals surface area contributed by atoms with Crippen molar-refractivity contribution in [3.8, 4) is 0 Å². The second-order valence-electron chi connectivity index (χ2n) is 4.22. The summed E-state index contributed by atoms with van der Waals surface area (Å²) in [5.41, 5.74) is 1.20. The third-order valence-electron chi connectivity index (χ3n) is 2.34. The molecule has 0 aliphatic rings. The van der Waals surface area contributed by atoms with Crippen molar-refractivity contribution in [1.82, 2.24) is 9.88 Å². The van der Waals surface area contributed by atoms with Crippen molar-refractivity contribution in [1.29, 1.82) is 0 Å². The lowest BCUT2D eigenvalue weighted by Crippen LogP contribution is -2.36. The molecule has 0 spiro atoms. The summed E-state index contributed by atoms with van der Waals surface area (Å²) in [5.74, 6) is 0. The van der Waals surface area contributed by atoms with E-state index in [0.29, 0.717) is 12.1 Å². The quantitative estimate of drug-likeness (QED) is 0.762. The lowest BCUT2D eigenvalue weighted by Gasteiger charge is -2.29. The molecular formula is C11H20N2S. The zero-order valence-corrected chi connectivity index (χ0v) is 10.6. The summed E-state index contributed by atoms with van der Waals surface area (Å²) < 4.78 is 0. The molecule has 0 N–H and O–H groups in total. The fraction of sp³-hybridized carbons (Fsp3) is 0.727. The molecule has 3 heteroatoms. The fourth-order valence-corrected chi connectivity index (χ4v) is 2.23. The highest BCUT2D eigenvalue weighted by Gasteiger charge is 2.14. The summed E-state index contributed by atoms with van der Waals surface area (Å²) >= 11 is 1.73. The molecule has 14 heavy (non-hydrogen) atoms. The van der Waals surface area contributed by atoms with E-state index >= 15 is 0 Å². The highest BCUT2D eigenvalue weighted by atomic mass is 32.1. The van der Waals surface area contributed by atoms with Gasteiger partial charge in [0.05, 0.1) is 10.7 Å². The normalized spacial score (nSPS) is 12.0. The van der Waals surface area contributed by atoms with E-state index in [9.17, 15) is 0 Å². The number of aryl methyl sites for hydroxylation is 1. The van der Waals surface area contributed by atoms with Gasteiger partial charge in [-0.25, -0.2) is 4.98 Å². The van der Waals surface area contributed by atoms with E-state index in [1.807, 2.05) is 0 Å². The third-order valence-corrected chi connectivity index (χ3v) is 3.16. The maximum absolute atomic E-state index is 4.49. The van der Waals surface area contributed by atoms with Crippen LogP contribution in [0.25, 0.3) is 0 Å². The number of nitrogens with zero attached hydrogens (tertiary/aromatic N) is 2. The first-order chi connectivity index (χ1) is 6.50. The largest absolute Gasteiger partial charge is 0.293 e. The second-order valence-corrected chi connectivity index (χ2v) is 5.28. The molecule has 0 amide bonds. The molecule has 1 rings (SSSR count). The summed E-state index contributed by atoms with van der Waals surface area (Å²) in [7, 11) is 0. The van der Waals surface area contributed by atoms with Gasteiger partial charge in [-0.3, -0.25) is 4.90 Å². The minimum absolute atomic E-state index is 0.581. The first-order valence-electron chi connectivity index (χ1n) is 5.17. The Labute approximate surface area is 91.0 Å². The van der Waals surface area contributed by atoms with Crippen molar-refractivity contribution in [2.75, 3.05) is 0 Å². The Morgan fingerprint density at radius 2 is 1.86 bits per heavy atom. The summed E-state index contributed by atoms with van der Waals surface area (Å²) in [6.45, 7) is 12.0. The van der Waals surface area contributed by atoms with Gasteiger partial charge in [-0.1, -0.05) is 0 Å². The van der Waals surface area contributed by atoms with Crippen LogP contribution in [0.2, 0.25) is 0 Å². The van der Waals surface area contributed by atoms with Crippen molar-refractivity contribution in [3.05, 3.63) is 16.1 Å². The molecule has 0 saturated heterocycles. The van der Waals surface area contributed by atoms with E-state index < -0.39 is 0 Å². The molecule has 1 aromatic rings. The van der Waals surface area contributed by atoms with E-state index in [0.717, 1.165) is 11.6 Å². The number of hydrogen-bond donors (Lipinski definition) is 0. The smallest absolute Gasteiger partial charge is 0.0897 e. The van der Waals surface area contributed by atoms with Crippen molar-refractivity contribution in [3.63, 3.8) is 0 Å². The van der Waals surface area contributed by atoms with Crippen LogP contribution in [-0.2, 0) is 6.54 Å². The van der Waals surface area contributed by atoms with E-state index in [-0.39, 0.29) is 0 Å². The van der Waals surface area contributed by atoms with Crippen molar-refractivity contribution < 1.29 is 0 Å². The third kappa shape index (κ3) is 3.07. The maximum Gasteiger partial charge on any atom is 0.0897 e. The van der Waals surface area contributed by atoms with Crippen LogP contribution in [0.4, 0.5) is 0 Å². The van der Waals surface area contributed by atoms with Gasteiger partial charge in [0.15, 0.2) is 0 Å². The second kappa shape index (κ2) is 4.89. The van der Waals surface area contributed by atoms with Crippen molar-refractivity contribution in [2.45, 2.75) is 53.2 Å². The van der Waals surface area contributed by atoms with Crippen LogP contribution in [0, 0.1) is 6.92 Å². The van der Waals surface area contributed by atoms with Crippen molar-refractivity contribution >= 4 is 11.3 Å². The van der Waals surface area contributed by atoms with Crippen LogP contribution >= 0.6 is 11.3 Å². The first-order valence-corrected chi connectivity index (χ1v) is 6.05. The monoisotopic (exact) mass is 212 g/mol. The molecule has 2 nitrogen and oxygen atoms in total. The van der Waals surface area contributed by atoms with Crippen LogP contribution in [0.3, 0.4) is 0 Å². The van der Waals surface area contributed by atoms with E-state index in [1.165, 1.54) is 5.69 Å². The molecule has 0 saturated carbocycles. The van der Waals surface area contributed by atoms with E-state index in [2.05, 4.69) is 49.9 Å². The Morgan fingerprint density at radius 1 is 1.29 bits per heavy atom. The number of thiazole rings is 1. The number of hydrogen-bond acceptors (Lipinski definition) is 3. The first kappa shape index (κ1) is 11.7. The lowest BCUT2D eigenvalue weighted by molar-refractivity contribution is 0.164. The summed E-state index contributed by atoms with van der Waals surface area (Å²) in [6, 6.07) is 1.16. The molecule has 0 aliphatic heterocycles. The van der Waals surface area contributed by atoms with Crippen LogP contribution in [0.5, 0.6) is 0 Å². The molecule has 80 valence electrons. The molecule has 0 atom stereocenters. The van der Waals surface area contributed by atoms with Gasteiger partial charge in [-0.2, -0.15) is 0 Å². The van der Waals surface area contributed by atoms with E-state index in [4.69, 9.17) is 0 Å². The molecule has 0 fully saturated rings. The Hall–Kier alpha value is -0.410. The summed E-state index contributed by atoms with van der Waals surface area (Å²) in [6.07, 6.45) is 0. The van der Waals surface area contributed by atoms with Crippen LogP contribution < -0.4 is 0 Å². The van der Waals surface area contributed by atoms with Crippen LogP contribution in [-0.4, -0.2) is 22.0 Å². The molecule has 1 heterocycles. The SMILES string of the molecule is Cc1nc(CN(C(C)C)C(C)C)cs1. The predicted octanol–water partition coefficient (Wildman–Crippen LogP) is 3.07. The average Bonchev–Trinajstić information content (AvgIpc) is 2.46. The fourth-order valence-electron chi connectivity index (χ4n) is 1.63. The molecule has 0 unspecified atom stereocenters. The maximum atomic E-state index is 4.49. The highest BCUT2D eigenvalue weighted by Crippen LogP contribution is 2.14. The van der Waals surface area contributed by atoms with Crippen LogP contribution in [0.15, 0.2) is 5.38 Å². The Morgan fingerprint density at radius 3 is 2.21 bits per heavy atom. The average molecular weight is 212 g/mol. The van der Waals surface area contributed by atoms with Gasteiger partial charge in [0, 0.05) is 24.0 Å². The molecule has 1 aromatic heterocycles. The van der Waals surface area contributed by atoms with Gasteiger partial charge < -0.3 is 0 Å². The molecule has 0 aromatic carbocycles. The topological polar surface area (TPSA) is 16.1 Å². The summed E-state index contributed by atoms with van der Waals surface area (Å²) in [4.78, 5) is 6.94. The minimum atomic E-state index is 0.581. The van der Waals surface area contributed by atoms with Gasteiger partial charge in [0.1, 0.15) is 0 Å². The lowest BCUT2D eigenvalue weighted by atomic mass is 10.2. The highest BCUT2D eigenvalue weighted by molar-refractivity contribution is 7.09. The molecule has 0 radical (unpaired) electrons. The van der Waals surface area contributed by atoms with Gasteiger partial charge in [0.25, 0.3) is 0 Å². The zero-order chi connectivity index (χ0) is 10.7. The van der Waals surface area contributed by atoms with Gasteiger partial charge >= 0.3 is 0 Å².